The van der Waals surface area contributed by atoms with Crippen LogP contribution in [-0.2, 0) is 9.53 Å². The monoisotopic (exact) mass is 250 g/mol. The molecule has 2 rings (SSSR count). The van der Waals surface area contributed by atoms with Crippen molar-refractivity contribution in [3.05, 3.63) is 23.8 Å². The number of allylic oxidation sites excluding steroid dienone is 1. The molecule has 1 fully saturated rings. The molecule has 0 aromatic carbocycles. The fourth-order valence-electron chi connectivity index (χ4n) is 2.81. The molecule has 1 aliphatic heterocycles. The van der Waals surface area contributed by atoms with Crippen molar-refractivity contribution in [2.24, 2.45) is 11.8 Å². The van der Waals surface area contributed by atoms with Gasteiger partial charge in [0.1, 0.15) is 6.10 Å². The van der Waals surface area contributed by atoms with Crippen molar-refractivity contribution in [2.75, 3.05) is 0 Å². The zero-order valence-electron chi connectivity index (χ0n) is 11.2. The van der Waals surface area contributed by atoms with Crippen LogP contribution in [0.4, 0.5) is 0 Å². The van der Waals surface area contributed by atoms with E-state index in [1.54, 1.807) is 0 Å². The van der Waals surface area contributed by atoms with Crippen LogP contribution in [-0.4, -0.2) is 23.3 Å². The van der Waals surface area contributed by atoms with Crippen molar-refractivity contribution < 1.29 is 14.6 Å². The van der Waals surface area contributed by atoms with Gasteiger partial charge in [0, 0.05) is 5.92 Å². The predicted molar refractivity (Wildman–Crippen MR) is 69.9 cm³/mol. The Morgan fingerprint density at radius 2 is 2.11 bits per heavy atom. The van der Waals surface area contributed by atoms with Gasteiger partial charge in [-0.05, 0) is 44.3 Å². The summed E-state index contributed by atoms with van der Waals surface area (Å²) >= 11 is 0. The molecular weight excluding hydrogens is 228 g/mol. The molecule has 0 amide bonds. The molecule has 1 N–H and O–H groups in total. The molecule has 0 bridgehead atoms. The first-order valence-corrected chi connectivity index (χ1v) is 6.72. The van der Waals surface area contributed by atoms with Crippen molar-refractivity contribution in [3.8, 4) is 0 Å². The standard InChI is InChI=1S/C15H22O3/c1-9-4-7-13(16)10(2)5-6-12-11(3)15(17)18-14(12)8-9/h8,11-14,16H,2,4-7H2,1,3H3/b9-8+/t11-,12+,13-,14-/m1/s1. The quantitative estimate of drug-likeness (QED) is 0.531. The number of aliphatic hydroxyl groups is 1. The molecule has 18 heavy (non-hydrogen) atoms. The zero-order valence-corrected chi connectivity index (χ0v) is 11.2. The largest absolute Gasteiger partial charge is 0.458 e. The summed E-state index contributed by atoms with van der Waals surface area (Å²) in [7, 11) is 0. The maximum absolute atomic E-state index is 11.7. The number of aliphatic hydroxyl groups excluding tert-OH is 1. The summed E-state index contributed by atoms with van der Waals surface area (Å²) < 4.78 is 5.43. The van der Waals surface area contributed by atoms with Gasteiger partial charge in [-0.1, -0.05) is 19.1 Å². The van der Waals surface area contributed by atoms with Gasteiger partial charge in [-0.3, -0.25) is 4.79 Å². The lowest BCUT2D eigenvalue weighted by molar-refractivity contribution is -0.142. The molecule has 0 aromatic rings. The molecule has 4 atom stereocenters. The minimum Gasteiger partial charge on any atom is -0.458 e. The lowest BCUT2D eigenvalue weighted by Crippen LogP contribution is -2.21. The third-order valence-electron chi connectivity index (χ3n) is 4.22. The highest BCUT2D eigenvalue weighted by molar-refractivity contribution is 5.75. The highest BCUT2D eigenvalue weighted by Gasteiger charge is 2.40. The van der Waals surface area contributed by atoms with Crippen LogP contribution in [0.1, 0.15) is 39.5 Å². The average molecular weight is 250 g/mol. The number of esters is 1. The second kappa shape index (κ2) is 5.27. The molecule has 0 aromatic heterocycles. The van der Waals surface area contributed by atoms with E-state index in [9.17, 15) is 9.90 Å². The van der Waals surface area contributed by atoms with Crippen LogP contribution in [0.2, 0.25) is 0 Å². The van der Waals surface area contributed by atoms with Gasteiger partial charge in [0.05, 0.1) is 12.0 Å². The fourth-order valence-corrected chi connectivity index (χ4v) is 2.81. The first-order valence-electron chi connectivity index (χ1n) is 6.72. The van der Waals surface area contributed by atoms with Gasteiger partial charge in [0.25, 0.3) is 0 Å². The minimum absolute atomic E-state index is 0.0524. The van der Waals surface area contributed by atoms with Gasteiger partial charge in [-0.15, -0.1) is 0 Å². The van der Waals surface area contributed by atoms with Crippen molar-refractivity contribution in [3.63, 3.8) is 0 Å². The van der Waals surface area contributed by atoms with Gasteiger partial charge in [-0.25, -0.2) is 0 Å². The number of hydrogen-bond acceptors (Lipinski definition) is 3. The summed E-state index contributed by atoms with van der Waals surface area (Å²) in [6.07, 6.45) is 4.73. The molecule has 1 saturated heterocycles. The Morgan fingerprint density at radius 3 is 2.83 bits per heavy atom. The first kappa shape index (κ1) is 13.3. The number of hydrogen-bond donors (Lipinski definition) is 1. The summed E-state index contributed by atoms with van der Waals surface area (Å²) in [5.74, 6) is 0.0670. The topological polar surface area (TPSA) is 46.5 Å². The van der Waals surface area contributed by atoms with Gasteiger partial charge in [-0.2, -0.15) is 0 Å². The van der Waals surface area contributed by atoms with Gasteiger partial charge in [0.2, 0.25) is 0 Å². The minimum atomic E-state index is -0.418. The van der Waals surface area contributed by atoms with Crippen LogP contribution >= 0.6 is 0 Å². The van der Waals surface area contributed by atoms with E-state index in [0.29, 0.717) is 6.42 Å². The van der Waals surface area contributed by atoms with E-state index in [2.05, 4.69) is 12.7 Å². The molecule has 0 spiro atoms. The maximum Gasteiger partial charge on any atom is 0.309 e. The van der Waals surface area contributed by atoms with Crippen molar-refractivity contribution in [1.29, 1.82) is 0 Å². The maximum atomic E-state index is 11.7. The van der Waals surface area contributed by atoms with Crippen LogP contribution in [0.15, 0.2) is 23.8 Å². The van der Waals surface area contributed by atoms with E-state index in [-0.39, 0.29) is 23.9 Å². The van der Waals surface area contributed by atoms with E-state index in [1.165, 1.54) is 5.57 Å². The Labute approximate surface area is 109 Å². The summed E-state index contributed by atoms with van der Waals surface area (Å²) in [6.45, 7) is 7.92. The van der Waals surface area contributed by atoms with Crippen molar-refractivity contribution in [2.45, 2.75) is 51.7 Å². The predicted octanol–water partition coefficient (Wildman–Crippen LogP) is 2.60. The molecule has 0 saturated carbocycles. The van der Waals surface area contributed by atoms with Crippen molar-refractivity contribution in [1.82, 2.24) is 0 Å². The SMILES string of the molecule is C=C1CC[C@@H]2[C@@H](/C=C(\C)CC[C@H]1O)OC(=O)[C@@H]2C. The van der Waals surface area contributed by atoms with Crippen LogP contribution < -0.4 is 0 Å². The normalized spacial score (nSPS) is 40.7. The Balaban J connectivity index is 2.21. The third-order valence-corrected chi connectivity index (χ3v) is 4.22. The van der Waals surface area contributed by atoms with E-state index in [4.69, 9.17) is 4.74 Å². The Kier molecular flexibility index (Phi) is 3.91. The summed E-state index contributed by atoms with van der Waals surface area (Å²) in [6, 6.07) is 0. The smallest absolute Gasteiger partial charge is 0.309 e. The van der Waals surface area contributed by atoms with E-state index < -0.39 is 6.10 Å². The molecule has 3 heteroatoms. The highest BCUT2D eigenvalue weighted by Crippen LogP contribution is 2.35. The molecule has 100 valence electrons. The summed E-state index contributed by atoms with van der Waals surface area (Å²) in [4.78, 5) is 11.7. The molecule has 1 aliphatic carbocycles. The summed E-state index contributed by atoms with van der Waals surface area (Å²) in [5.41, 5.74) is 2.07. The summed E-state index contributed by atoms with van der Waals surface area (Å²) in [5, 5.41) is 9.95. The Morgan fingerprint density at radius 1 is 1.39 bits per heavy atom. The second-order valence-electron chi connectivity index (χ2n) is 5.62. The molecular formula is C15H22O3. The number of fused-ring (bicyclic) bond motifs is 1. The second-order valence-corrected chi connectivity index (χ2v) is 5.62. The Hall–Kier alpha value is -1.09. The van der Waals surface area contributed by atoms with Crippen LogP contribution in [0.3, 0.4) is 0 Å². The van der Waals surface area contributed by atoms with Gasteiger partial charge < -0.3 is 9.84 Å². The average Bonchev–Trinajstić information content (AvgIpc) is 2.58. The highest BCUT2D eigenvalue weighted by atomic mass is 16.6. The van der Waals surface area contributed by atoms with Gasteiger partial charge >= 0.3 is 5.97 Å². The van der Waals surface area contributed by atoms with E-state index in [0.717, 1.165) is 24.8 Å². The lowest BCUT2D eigenvalue weighted by atomic mass is 9.83. The van der Waals surface area contributed by atoms with E-state index in [1.807, 2.05) is 13.8 Å². The Bertz CT molecular complexity index is 383. The number of carbonyl (C=O) groups excluding carboxylic acids is 1. The number of ether oxygens (including phenoxy) is 1. The molecule has 3 nitrogen and oxygen atoms in total. The van der Waals surface area contributed by atoms with Crippen molar-refractivity contribution >= 4 is 5.97 Å². The van der Waals surface area contributed by atoms with E-state index >= 15 is 0 Å². The molecule has 0 unspecified atom stereocenters. The fraction of sp³-hybridized carbons (Fsp3) is 0.667. The number of carbonyl (C=O) groups is 1. The van der Waals surface area contributed by atoms with Crippen LogP contribution in [0.5, 0.6) is 0 Å². The lowest BCUT2D eigenvalue weighted by Gasteiger charge is -2.22. The zero-order chi connectivity index (χ0) is 13.3. The van der Waals surface area contributed by atoms with Crippen LogP contribution in [0.25, 0.3) is 0 Å². The third kappa shape index (κ3) is 2.66. The molecule has 2 aliphatic rings. The first-order chi connectivity index (χ1) is 8.49. The number of rotatable bonds is 0. The molecule has 0 radical (unpaired) electrons. The van der Waals surface area contributed by atoms with Crippen LogP contribution in [0, 0.1) is 11.8 Å². The van der Waals surface area contributed by atoms with Gasteiger partial charge in [0.15, 0.2) is 0 Å². The molecule has 1 heterocycles.